The van der Waals surface area contributed by atoms with Gasteiger partial charge in [0.2, 0.25) is 0 Å². The topological polar surface area (TPSA) is 4.93 Å². The van der Waals surface area contributed by atoms with E-state index in [0.717, 1.165) is 10.1 Å². The molecule has 76 valence electrons. The molecule has 0 amide bonds. The standard InChI is InChI=1S/C12H11NS2/c14-12(13-8-4-5-9-13)15-10-11-6-2-1-3-7-11/h1-9H,10H2. The van der Waals surface area contributed by atoms with Gasteiger partial charge in [0.05, 0.1) is 0 Å². The van der Waals surface area contributed by atoms with Crippen LogP contribution in [-0.4, -0.2) is 8.89 Å². The summed E-state index contributed by atoms with van der Waals surface area (Å²) in [6.45, 7) is 0. The lowest BCUT2D eigenvalue weighted by Crippen LogP contribution is -2.01. The molecule has 0 aliphatic carbocycles. The van der Waals surface area contributed by atoms with E-state index in [2.05, 4.69) is 24.3 Å². The molecule has 15 heavy (non-hydrogen) atoms. The minimum Gasteiger partial charge on any atom is -0.310 e. The molecule has 1 aromatic heterocycles. The highest BCUT2D eigenvalue weighted by atomic mass is 32.2. The van der Waals surface area contributed by atoms with Gasteiger partial charge in [-0.25, -0.2) is 0 Å². The Morgan fingerprint density at radius 3 is 2.40 bits per heavy atom. The molecule has 0 atom stereocenters. The SMILES string of the molecule is S=C(SCc1ccccc1)n1cccc1. The largest absolute Gasteiger partial charge is 0.310 e. The first kappa shape index (κ1) is 10.5. The first-order chi connectivity index (χ1) is 7.36. The van der Waals surface area contributed by atoms with Crippen molar-refractivity contribution in [3.8, 4) is 0 Å². The number of hydrogen-bond acceptors (Lipinski definition) is 2. The van der Waals surface area contributed by atoms with E-state index in [-0.39, 0.29) is 0 Å². The molecule has 0 spiro atoms. The molecule has 0 radical (unpaired) electrons. The lowest BCUT2D eigenvalue weighted by molar-refractivity contribution is 1.22. The first-order valence-corrected chi connectivity index (χ1v) is 6.10. The molecule has 0 aliphatic heterocycles. The van der Waals surface area contributed by atoms with Gasteiger partial charge in [-0.05, 0) is 17.7 Å². The first-order valence-electron chi connectivity index (χ1n) is 4.70. The summed E-state index contributed by atoms with van der Waals surface area (Å²) in [6, 6.07) is 14.3. The lowest BCUT2D eigenvalue weighted by Gasteiger charge is -2.04. The van der Waals surface area contributed by atoms with Gasteiger partial charge in [0.1, 0.15) is 4.32 Å². The van der Waals surface area contributed by atoms with Gasteiger partial charge >= 0.3 is 0 Å². The molecule has 1 aromatic carbocycles. The third-order valence-electron chi connectivity index (χ3n) is 2.02. The summed E-state index contributed by atoms with van der Waals surface area (Å²) in [5.41, 5.74) is 1.30. The van der Waals surface area contributed by atoms with E-state index < -0.39 is 0 Å². The Kier molecular flexibility index (Phi) is 3.59. The number of nitrogens with zero attached hydrogens (tertiary/aromatic N) is 1. The molecule has 0 saturated heterocycles. The van der Waals surface area contributed by atoms with Crippen LogP contribution in [-0.2, 0) is 5.75 Å². The van der Waals surface area contributed by atoms with E-state index in [4.69, 9.17) is 12.2 Å². The van der Waals surface area contributed by atoms with Crippen molar-refractivity contribution in [2.24, 2.45) is 0 Å². The van der Waals surface area contributed by atoms with Crippen LogP contribution in [0.3, 0.4) is 0 Å². The van der Waals surface area contributed by atoms with E-state index in [1.807, 2.05) is 35.2 Å². The van der Waals surface area contributed by atoms with E-state index in [0.29, 0.717) is 0 Å². The average molecular weight is 233 g/mol. The summed E-state index contributed by atoms with van der Waals surface area (Å²) < 4.78 is 2.85. The Hall–Kier alpha value is -1.06. The summed E-state index contributed by atoms with van der Waals surface area (Å²) in [7, 11) is 0. The van der Waals surface area contributed by atoms with Gasteiger partial charge in [-0.15, -0.1) is 0 Å². The molecule has 2 aromatic rings. The van der Waals surface area contributed by atoms with E-state index in [9.17, 15) is 0 Å². The Morgan fingerprint density at radius 1 is 1.07 bits per heavy atom. The molecule has 0 unspecified atom stereocenters. The molecule has 1 heterocycles. The number of thiocarbonyl (C=S) groups is 1. The van der Waals surface area contributed by atoms with Gasteiger partial charge < -0.3 is 4.57 Å². The Bertz CT molecular complexity index is 420. The molecule has 0 N–H and O–H groups in total. The molecule has 0 bridgehead atoms. The third-order valence-corrected chi connectivity index (χ3v) is 3.52. The van der Waals surface area contributed by atoms with E-state index >= 15 is 0 Å². The van der Waals surface area contributed by atoms with Crippen LogP contribution in [0.1, 0.15) is 5.56 Å². The van der Waals surface area contributed by atoms with Crippen molar-refractivity contribution in [1.82, 2.24) is 4.57 Å². The maximum atomic E-state index is 5.30. The van der Waals surface area contributed by atoms with Gasteiger partial charge in [-0.1, -0.05) is 54.3 Å². The molecule has 1 nitrogen and oxygen atoms in total. The van der Waals surface area contributed by atoms with Gasteiger partial charge in [0.25, 0.3) is 0 Å². The molecule has 3 heteroatoms. The monoisotopic (exact) mass is 233 g/mol. The fourth-order valence-electron chi connectivity index (χ4n) is 1.25. The lowest BCUT2D eigenvalue weighted by atomic mass is 10.2. The summed E-state index contributed by atoms with van der Waals surface area (Å²) in [4.78, 5) is 0. The average Bonchev–Trinajstić information content (AvgIpc) is 2.81. The van der Waals surface area contributed by atoms with E-state index in [1.165, 1.54) is 5.56 Å². The zero-order valence-electron chi connectivity index (χ0n) is 8.17. The van der Waals surface area contributed by atoms with Crippen molar-refractivity contribution in [2.75, 3.05) is 0 Å². The highest BCUT2D eigenvalue weighted by molar-refractivity contribution is 8.22. The second kappa shape index (κ2) is 5.14. The fraction of sp³-hybridized carbons (Fsp3) is 0.0833. The van der Waals surface area contributed by atoms with Crippen LogP contribution in [0.15, 0.2) is 54.9 Å². The fourth-order valence-corrected chi connectivity index (χ4v) is 2.30. The summed E-state index contributed by atoms with van der Waals surface area (Å²) >= 11 is 6.98. The number of thioether (sulfide) groups is 1. The molecule has 0 aliphatic rings. The number of benzene rings is 1. The molecule has 0 saturated carbocycles. The third kappa shape index (κ3) is 2.94. The highest BCUT2D eigenvalue weighted by Crippen LogP contribution is 2.15. The minimum atomic E-state index is 0.892. The molecule has 0 fully saturated rings. The number of rotatable bonds is 2. The quantitative estimate of drug-likeness (QED) is 0.731. The Labute approximate surface area is 99.1 Å². The normalized spacial score (nSPS) is 10.1. The van der Waals surface area contributed by atoms with Crippen LogP contribution in [0, 0.1) is 0 Å². The Balaban J connectivity index is 1.92. The maximum absolute atomic E-state index is 5.30. The van der Waals surface area contributed by atoms with E-state index in [1.54, 1.807) is 11.8 Å². The van der Waals surface area contributed by atoms with Crippen molar-refractivity contribution < 1.29 is 0 Å². The van der Waals surface area contributed by atoms with Crippen molar-refractivity contribution in [2.45, 2.75) is 5.75 Å². The summed E-state index contributed by atoms with van der Waals surface area (Å²) in [5, 5.41) is 0. The van der Waals surface area contributed by atoms with Gasteiger partial charge in [-0.3, -0.25) is 0 Å². The van der Waals surface area contributed by atoms with Crippen molar-refractivity contribution in [3.05, 3.63) is 60.4 Å². The summed E-state index contributed by atoms with van der Waals surface area (Å²) in [6.07, 6.45) is 3.95. The van der Waals surface area contributed by atoms with Crippen LogP contribution < -0.4 is 0 Å². The minimum absolute atomic E-state index is 0.892. The van der Waals surface area contributed by atoms with Crippen LogP contribution in [0.5, 0.6) is 0 Å². The van der Waals surface area contributed by atoms with Crippen molar-refractivity contribution >= 4 is 28.3 Å². The molecule has 2 rings (SSSR count). The number of aromatic nitrogens is 1. The van der Waals surface area contributed by atoms with Crippen molar-refractivity contribution in [3.63, 3.8) is 0 Å². The van der Waals surface area contributed by atoms with Crippen LogP contribution in [0.4, 0.5) is 0 Å². The highest BCUT2D eigenvalue weighted by Gasteiger charge is 1.99. The van der Waals surface area contributed by atoms with Gasteiger partial charge in [-0.2, -0.15) is 0 Å². The maximum Gasteiger partial charge on any atom is 0.144 e. The predicted molar refractivity (Wildman–Crippen MR) is 70.2 cm³/mol. The van der Waals surface area contributed by atoms with Crippen molar-refractivity contribution in [1.29, 1.82) is 0 Å². The summed E-state index contributed by atoms with van der Waals surface area (Å²) in [5.74, 6) is 0.928. The van der Waals surface area contributed by atoms with Crippen LogP contribution in [0.25, 0.3) is 0 Å². The number of hydrogen-bond donors (Lipinski definition) is 0. The van der Waals surface area contributed by atoms with Gasteiger partial charge in [0.15, 0.2) is 0 Å². The molecular weight excluding hydrogens is 222 g/mol. The second-order valence-electron chi connectivity index (χ2n) is 3.13. The smallest absolute Gasteiger partial charge is 0.144 e. The second-order valence-corrected chi connectivity index (χ2v) is 4.74. The van der Waals surface area contributed by atoms with Crippen LogP contribution >= 0.6 is 24.0 Å². The van der Waals surface area contributed by atoms with Gasteiger partial charge in [0, 0.05) is 18.1 Å². The Morgan fingerprint density at radius 2 is 1.73 bits per heavy atom. The van der Waals surface area contributed by atoms with Crippen LogP contribution in [0.2, 0.25) is 0 Å². The zero-order chi connectivity index (χ0) is 10.5. The zero-order valence-corrected chi connectivity index (χ0v) is 9.80. The predicted octanol–water partition coefficient (Wildman–Crippen LogP) is 3.55. The molecular formula is C12H11NS2.